The maximum atomic E-state index is 12.1. The van der Waals surface area contributed by atoms with E-state index >= 15 is 0 Å². The molecule has 0 fully saturated rings. The molecule has 0 N–H and O–H groups in total. The minimum atomic E-state index is -0.0213. The Bertz CT molecular complexity index is 523. The van der Waals surface area contributed by atoms with Gasteiger partial charge in [-0.25, -0.2) is 0 Å². The van der Waals surface area contributed by atoms with Gasteiger partial charge >= 0.3 is 5.97 Å². The third-order valence-corrected chi connectivity index (χ3v) is 9.85. The Labute approximate surface area is 277 Å². The number of hydrogen-bond donors (Lipinski definition) is 1. The highest BCUT2D eigenvalue weighted by Gasteiger charge is 2.08. The van der Waals surface area contributed by atoms with Crippen molar-refractivity contribution in [2.24, 2.45) is 0 Å². The van der Waals surface area contributed by atoms with Gasteiger partial charge in [0, 0.05) is 11.7 Å². The van der Waals surface area contributed by atoms with Gasteiger partial charge in [-0.15, -0.1) is 0 Å². The molecule has 0 aliphatic rings. The summed E-state index contributed by atoms with van der Waals surface area (Å²) in [6.45, 7) is 5.19. The largest absolute Gasteiger partial charge is 0.466 e. The number of unbranched alkanes of at least 4 members (excludes halogenated alkanes) is 30. The zero-order valence-electron chi connectivity index (χ0n) is 29.8. The standard InChI is InChI=1S/C40H80O2S/c1-3-5-7-9-11-13-15-17-19-21-23-25-27-29-31-33-35-39(43)36-37-40(41)42-38-34-32-30-28-26-24-22-20-18-16-14-12-10-8-6-4-2/h39,43H,3-38H2,1-2H3. The second kappa shape index (κ2) is 38.0. The Kier molecular flexibility index (Phi) is 37.8. The minimum absolute atomic E-state index is 0.0213. The lowest BCUT2D eigenvalue weighted by atomic mass is 10.0. The van der Waals surface area contributed by atoms with Gasteiger partial charge in [0.15, 0.2) is 0 Å². The van der Waals surface area contributed by atoms with E-state index in [0.29, 0.717) is 18.3 Å². The average molecular weight is 625 g/mol. The Balaban J connectivity index is 3.25. The monoisotopic (exact) mass is 625 g/mol. The maximum Gasteiger partial charge on any atom is 0.305 e. The van der Waals surface area contributed by atoms with E-state index in [2.05, 4.69) is 13.8 Å². The van der Waals surface area contributed by atoms with E-state index in [-0.39, 0.29) is 5.97 Å². The average Bonchev–Trinajstić information content (AvgIpc) is 3.01. The van der Waals surface area contributed by atoms with Crippen molar-refractivity contribution in [1.29, 1.82) is 0 Å². The molecule has 0 spiro atoms. The highest BCUT2D eigenvalue weighted by atomic mass is 32.1. The van der Waals surface area contributed by atoms with Crippen LogP contribution in [0.3, 0.4) is 0 Å². The fourth-order valence-corrected chi connectivity index (χ4v) is 6.58. The molecule has 0 bridgehead atoms. The first kappa shape index (κ1) is 42.8. The molecule has 0 aromatic rings. The van der Waals surface area contributed by atoms with Crippen LogP contribution in [-0.4, -0.2) is 17.8 Å². The summed E-state index contributed by atoms with van der Waals surface area (Å²) >= 11 is 4.73. The predicted molar refractivity (Wildman–Crippen MR) is 197 cm³/mol. The Morgan fingerprint density at radius 1 is 0.419 bits per heavy atom. The van der Waals surface area contributed by atoms with E-state index < -0.39 is 0 Å². The number of hydrogen-bond acceptors (Lipinski definition) is 3. The van der Waals surface area contributed by atoms with E-state index in [4.69, 9.17) is 17.4 Å². The van der Waals surface area contributed by atoms with Crippen LogP contribution in [0.1, 0.15) is 239 Å². The van der Waals surface area contributed by atoms with Crippen LogP contribution in [0.25, 0.3) is 0 Å². The van der Waals surface area contributed by atoms with Crippen molar-refractivity contribution in [2.45, 2.75) is 244 Å². The first-order valence-corrected chi connectivity index (χ1v) is 20.6. The van der Waals surface area contributed by atoms with Gasteiger partial charge in [0.05, 0.1) is 6.61 Å². The molecule has 258 valence electrons. The van der Waals surface area contributed by atoms with Crippen LogP contribution in [0.5, 0.6) is 0 Å². The summed E-state index contributed by atoms with van der Waals surface area (Å²) in [5.41, 5.74) is 0. The van der Waals surface area contributed by atoms with Crippen molar-refractivity contribution < 1.29 is 9.53 Å². The number of carbonyl (C=O) groups excluding carboxylic acids is 1. The quantitative estimate of drug-likeness (QED) is 0.0423. The van der Waals surface area contributed by atoms with Gasteiger partial charge in [0.1, 0.15) is 0 Å². The molecule has 1 atom stereocenters. The first-order chi connectivity index (χ1) is 21.2. The van der Waals surface area contributed by atoms with Crippen LogP contribution in [0.2, 0.25) is 0 Å². The van der Waals surface area contributed by atoms with Crippen molar-refractivity contribution >= 4 is 18.6 Å². The predicted octanol–water partition coefficient (Wildman–Crippen LogP) is 14.5. The number of esters is 1. The van der Waals surface area contributed by atoms with Crippen LogP contribution in [0, 0.1) is 0 Å². The molecule has 2 nitrogen and oxygen atoms in total. The molecule has 43 heavy (non-hydrogen) atoms. The summed E-state index contributed by atoms with van der Waals surface area (Å²) in [6.07, 6.45) is 46.9. The Morgan fingerprint density at radius 2 is 0.698 bits per heavy atom. The lowest BCUT2D eigenvalue weighted by molar-refractivity contribution is -0.143. The molecule has 0 rings (SSSR count). The normalized spacial score (nSPS) is 12.2. The Hall–Kier alpha value is -0.180. The van der Waals surface area contributed by atoms with Crippen LogP contribution in [0.4, 0.5) is 0 Å². The summed E-state index contributed by atoms with van der Waals surface area (Å²) in [4.78, 5) is 12.1. The summed E-state index contributed by atoms with van der Waals surface area (Å²) < 4.78 is 5.47. The fourth-order valence-electron chi connectivity index (χ4n) is 6.27. The number of rotatable bonds is 37. The third kappa shape index (κ3) is 37.9. The molecule has 0 aromatic carbocycles. The van der Waals surface area contributed by atoms with Gasteiger partial charge in [-0.05, 0) is 19.3 Å². The number of carbonyl (C=O) groups is 1. The van der Waals surface area contributed by atoms with Gasteiger partial charge < -0.3 is 4.74 Å². The topological polar surface area (TPSA) is 26.3 Å². The highest BCUT2D eigenvalue weighted by Crippen LogP contribution is 2.18. The van der Waals surface area contributed by atoms with E-state index in [1.807, 2.05) is 0 Å². The van der Waals surface area contributed by atoms with Crippen molar-refractivity contribution in [3.63, 3.8) is 0 Å². The third-order valence-electron chi connectivity index (χ3n) is 9.33. The minimum Gasteiger partial charge on any atom is -0.466 e. The molecule has 0 radical (unpaired) electrons. The van der Waals surface area contributed by atoms with Gasteiger partial charge in [-0.2, -0.15) is 12.6 Å². The smallest absolute Gasteiger partial charge is 0.305 e. The van der Waals surface area contributed by atoms with E-state index in [9.17, 15) is 4.79 Å². The number of ether oxygens (including phenoxy) is 1. The highest BCUT2D eigenvalue weighted by molar-refractivity contribution is 7.80. The molecular weight excluding hydrogens is 545 g/mol. The molecule has 1 unspecified atom stereocenters. The first-order valence-electron chi connectivity index (χ1n) is 20.0. The van der Waals surface area contributed by atoms with Crippen LogP contribution < -0.4 is 0 Å². The van der Waals surface area contributed by atoms with E-state index in [1.54, 1.807) is 0 Å². The van der Waals surface area contributed by atoms with E-state index in [1.165, 1.54) is 199 Å². The van der Waals surface area contributed by atoms with Gasteiger partial charge in [-0.3, -0.25) is 4.79 Å². The van der Waals surface area contributed by atoms with Crippen molar-refractivity contribution in [2.75, 3.05) is 6.61 Å². The van der Waals surface area contributed by atoms with Crippen LogP contribution in [-0.2, 0) is 9.53 Å². The van der Waals surface area contributed by atoms with Crippen LogP contribution in [0.15, 0.2) is 0 Å². The molecule has 3 heteroatoms. The molecule has 0 amide bonds. The number of thiol groups is 1. The summed E-state index contributed by atoms with van der Waals surface area (Å²) in [5.74, 6) is -0.0213. The second-order valence-corrected chi connectivity index (χ2v) is 14.5. The summed E-state index contributed by atoms with van der Waals surface area (Å²) in [7, 11) is 0. The lowest BCUT2D eigenvalue weighted by Crippen LogP contribution is -2.09. The van der Waals surface area contributed by atoms with Crippen molar-refractivity contribution in [3.8, 4) is 0 Å². The molecule has 0 aliphatic carbocycles. The van der Waals surface area contributed by atoms with E-state index in [0.717, 1.165) is 19.3 Å². The lowest BCUT2D eigenvalue weighted by Gasteiger charge is -2.10. The molecule has 0 aliphatic heterocycles. The molecule has 0 saturated carbocycles. The van der Waals surface area contributed by atoms with Gasteiger partial charge in [0.25, 0.3) is 0 Å². The molecule has 0 saturated heterocycles. The van der Waals surface area contributed by atoms with Crippen molar-refractivity contribution in [3.05, 3.63) is 0 Å². The maximum absolute atomic E-state index is 12.1. The summed E-state index contributed by atoms with van der Waals surface area (Å²) in [6, 6.07) is 0. The van der Waals surface area contributed by atoms with Crippen molar-refractivity contribution in [1.82, 2.24) is 0 Å². The Morgan fingerprint density at radius 3 is 1.02 bits per heavy atom. The van der Waals surface area contributed by atoms with Gasteiger partial charge in [-0.1, -0.05) is 213 Å². The zero-order chi connectivity index (χ0) is 31.3. The molecular formula is C40H80O2S. The summed E-state index contributed by atoms with van der Waals surface area (Å²) in [5, 5.41) is 0.342. The molecule has 0 heterocycles. The second-order valence-electron chi connectivity index (χ2n) is 13.8. The zero-order valence-corrected chi connectivity index (χ0v) is 30.7. The fraction of sp³-hybridized carbons (Fsp3) is 0.975. The van der Waals surface area contributed by atoms with Gasteiger partial charge in [0.2, 0.25) is 0 Å². The van der Waals surface area contributed by atoms with Crippen LogP contribution >= 0.6 is 12.6 Å². The molecule has 0 aromatic heterocycles. The SMILES string of the molecule is CCCCCCCCCCCCCCCCCCOC(=O)CCC(S)CCCCCCCCCCCCCCCCCC.